The lowest BCUT2D eigenvalue weighted by atomic mass is 10.0. The number of hydrogen-bond donors (Lipinski definition) is 1. The van der Waals surface area contributed by atoms with Crippen molar-refractivity contribution in [1.82, 2.24) is 15.4 Å². The van der Waals surface area contributed by atoms with Crippen LogP contribution in [0.15, 0.2) is 59.1 Å². The van der Waals surface area contributed by atoms with Gasteiger partial charge < -0.3 is 19.3 Å². The fourth-order valence-electron chi connectivity index (χ4n) is 4.13. The molecule has 32 heavy (non-hydrogen) atoms. The van der Waals surface area contributed by atoms with E-state index in [-0.39, 0.29) is 11.6 Å². The normalized spacial score (nSPS) is 16.5. The van der Waals surface area contributed by atoms with Crippen molar-refractivity contribution in [3.63, 3.8) is 0 Å². The van der Waals surface area contributed by atoms with Crippen molar-refractivity contribution < 1.29 is 18.8 Å². The number of nitrogens with one attached hydrogen (secondary N) is 1. The molecule has 1 fully saturated rings. The fourth-order valence-corrected chi connectivity index (χ4v) is 4.13. The van der Waals surface area contributed by atoms with Gasteiger partial charge in [-0.3, -0.25) is 9.69 Å². The zero-order chi connectivity index (χ0) is 22.3. The van der Waals surface area contributed by atoms with Crippen LogP contribution in [0.3, 0.4) is 0 Å². The molecule has 1 aliphatic rings. The quantitative estimate of drug-likeness (QED) is 0.573. The summed E-state index contributed by atoms with van der Waals surface area (Å²) >= 11 is 0. The Morgan fingerprint density at radius 2 is 1.97 bits per heavy atom. The summed E-state index contributed by atoms with van der Waals surface area (Å²) < 4.78 is 16.1. The van der Waals surface area contributed by atoms with Gasteiger partial charge in [-0.2, -0.15) is 0 Å². The number of carbonyl (C=O) groups is 1. The number of nitrogens with zero attached hydrogens (tertiary/aromatic N) is 2. The first-order chi connectivity index (χ1) is 15.7. The average Bonchev–Trinajstić information content (AvgIpc) is 3.34. The minimum atomic E-state index is -0.243. The van der Waals surface area contributed by atoms with Crippen LogP contribution in [0.5, 0.6) is 11.5 Å². The molecule has 3 aromatic rings. The molecular formula is C25H29N3O4. The van der Waals surface area contributed by atoms with Crippen molar-refractivity contribution in [2.24, 2.45) is 0 Å². The molecule has 1 aliphatic heterocycles. The third-order valence-corrected chi connectivity index (χ3v) is 5.89. The molecule has 2 aromatic carbocycles. The predicted octanol–water partition coefficient (Wildman–Crippen LogP) is 4.14. The molecule has 1 aromatic heterocycles. The molecule has 2 heterocycles. The lowest BCUT2D eigenvalue weighted by molar-refractivity contribution is 0.0899. The minimum absolute atomic E-state index is 0.243. The largest absolute Gasteiger partial charge is 0.497 e. The number of benzene rings is 2. The lowest BCUT2D eigenvalue weighted by Crippen LogP contribution is -2.46. The summed E-state index contributed by atoms with van der Waals surface area (Å²) in [6.07, 6.45) is 3.43. The maximum Gasteiger partial charge on any atom is 0.273 e. The Hall–Kier alpha value is -3.32. The predicted molar refractivity (Wildman–Crippen MR) is 122 cm³/mol. The highest BCUT2D eigenvalue weighted by Crippen LogP contribution is 2.33. The van der Waals surface area contributed by atoms with Crippen molar-refractivity contribution in [2.75, 3.05) is 27.3 Å². The van der Waals surface area contributed by atoms with Crippen LogP contribution >= 0.6 is 0 Å². The van der Waals surface area contributed by atoms with Gasteiger partial charge in [-0.25, -0.2) is 0 Å². The molecule has 168 valence electrons. The number of hydrogen-bond acceptors (Lipinski definition) is 6. The SMILES string of the molecule is COc1ccc(OC)c(-c2cc(C(=O)NCC3CCCCN3Cc3ccccc3)no2)c1. The number of aromatic nitrogens is 1. The number of piperidine rings is 1. The molecular weight excluding hydrogens is 406 g/mol. The van der Waals surface area contributed by atoms with E-state index in [2.05, 4.69) is 39.6 Å². The number of methoxy groups -OCH3 is 2. The van der Waals surface area contributed by atoms with Crippen molar-refractivity contribution >= 4 is 5.91 Å². The first-order valence-electron chi connectivity index (χ1n) is 10.9. The summed E-state index contributed by atoms with van der Waals surface area (Å²) in [6.45, 7) is 2.51. The summed E-state index contributed by atoms with van der Waals surface area (Å²) in [4.78, 5) is 15.2. The van der Waals surface area contributed by atoms with Gasteiger partial charge in [0.2, 0.25) is 0 Å². The number of amides is 1. The summed E-state index contributed by atoms with van der Waals surface area (Å²) in [5.41, 5.74) is 2.22. The van der Waals surface area contributed by atoms with Crippen LogP contribution in [-0.2, 0) is 6.54 Å². The molecule has 0 radical (unpaired) electrons. The molecule has 0 aliphatic carbocycles. The standard InChI is InChI=1S/C25H29N3O4/c1-30-20-11-12-23(31-2)21(14-20)24-15-22(27-32-24)25(29)26-16-19-10-6-7-13-28(19)17-18-8-4-3-5-9-18/h3-5,8-9,11-12,14-15,19H,6-7,10,13,16-17H2,1-2H3,(H,26,29). The van der Waals surface area contributed by atoms with Gasteiger partial charge in [-0.05, 0) is 43.1 Å². The molecule has 7 heteroatoms. The Labute approximate surface area is 188 Å². The van der Waals surface area contributed by atoms with Crippen molar-refractivity contribution in [3.8, 4) is 22.8 Å². The summed E-state index contributed by atoms with van der Waals surface area (Å²) in [5, 5.41) is 7.02. The summed E-state index contributed by atoms with van der Waals surface area (Å²) in [5.74, 6) is 1.49. The second-order valence-corrected chi connectivity index (χ2v) is 7.96. The van der Waals surface area contributed by atoms with Crippen LogP contribution in [0, 0.1) is 0 Å². The van der Waals surface area contributed by atoms with Crippen LogP contribution in [0.1, 0.15) is 35.3 Å². The molecule has 1 unspecified atom stereocenters. The average molecular weight is 436 g/mol. The fraction of sp³-hybridized carbons (Fsp3) is 0.360. The van der Waals surface area contributed by atoms with Gasteiger partial charge in [-0.1, -0.05) is 41.9 Å². The van der Waals surface area contributed by atoms with E-state index in [1.54, 1.807) is 38.5 Å². The number of carbonyl (C=O) groups excluding carboxylic acids is 1. The molecule has 0 spiro atoms. The van der Waals surface area contributed by atoms with E-state index in [0.717, 1.165) is 19.5 Å². The molecule has 1 atom stereocenters. The Bertz CT molecular complexity index is 1030. The van der Waals surface area contributed by atoms with E-state index >= 15 is 0 Å². The van der Waals surface area contributed by atoms with Gasteiger partial charge >= 0.3 is 0 Å². The molecule has 0 bridgehead atoms. The highest BCUT2D eigenvalue weighted by molar-refractivity contribution is 5.93. The highest BCUT2D eigenvalue weighted by Gasteiger charge is 2.24. The van der Waals surface area contributed by atoms with Gasteiger partial charge in [0.1, 0.15) is 11.5 Å². The van der Waals surface area contributed by atoms with Crippen molar-refractivity contribution in [3.05, 3.63) is 65.9 Å². The summed E-state index contributed by atoms with van der Waals surface area (Å²) in [6, 6.07) is 17.8. The smallest absolute Gasteiger partial charge is 0.273 e. The summed E-state index contributed by atoms with van der Waals surface area (Å²) in [7, 11) is 3.18. The van der Waals surface area contributed by atoms with Crippen LogP contribution in [0.4, 0.5) is 0 Å². The topological polar surface area (TPSA) is 76.8 Å². The monoisotopic (exact) mass is 435 g/mol. The maximum absolute atomic E-state index is 12.8. The maximum atomic E-state index is 12.8. The van der Waals surface area contributed by atoms with Crippen molar-refractivity contribution in [2.45, 2.75) is 31.8 Å². The number of ether oxygens (including phenoxy) is 2. The Balaban J connectivity index is 1.41. The number of rotatable bonds is 8. The zero-order valence-corrected chi connectivity index (χ0v) is 18.5. The van der Waals surface area contributed by atoms with Crippen LogP contribution < -0.4 is 14.8 Å². The van der Waals surface area contributed by atoms with E-state index < -0.39 is 0 Å². The first-order valence-corrected chi connectivity index (χ1v) is 10.9. The van der Waals surface area contributed by atoms with Crippen molar-refractivity contribution in [1.29, 1.82) is 0 Å². The Morgan fingerprint density at radius 1 is 1.12 bits per heavy atom. The minimum Gasteiger partial charge on any atom is -0.497 e. The third kappa shape index (κ3) is 5.11. The van der Waals surface area contributed by atoms with Crippen LogP contribution in [0.25, 0.3) is 11.3 Å². The van der Waals surface area contributed by atoms with E-state index in [1.165, 1.54) is 18.4 Å². The van der Waals surface area contributed by atoms with E-state index in [4.69, 9.17) is 14.0 Å². The Kier molecular flexibility index (Phi) is 7.07. The molecule has 1 N–H and O–H groups in total. The zero-order valence-electron chi connectivity index (χ0n) is 18.5. The molecule has 1 amide bonds. The van der Waals surface area contributed by atoms with Gasteiger partial charge in [-0.15, -0.1) is 0 Å². The highest BCUT2D eigenvalue weighted by atomic mass is 16.5. The number of likely N-dealkylation sites (tertiary alicyclic amines) is 1. The second kappa shape index (κ2) is 10.3. The van der Waals surface area contributed by atoms with E-state index in [1.807, 2.05) is 6.07 Å². The second-order valence-electron chi connectivity index (χ2n) is 7.96. The first kappa shape index (κ1) is 21.9. The molecule has 7 nitrogen and oxygen atoms in total. The van der Waals surface area contributed by atoms with E-state index in [9.17, 15) is 4.79 Å². The van der Waals surface area contributed by atoms with Gasteiger partial charge in [0.15, 0.2) is 11.5 Å². The van der Waals surface area contributed by atoms with Crippen LogP contribution in [-0.4, -0.2) is 49.3 Å². The van der Waals surface area contributed by atoms with Gasteiger partial charge in [0, 0.05) is 25.2 Å². The van der Waals surface area contributed by atoms with E-state index in [0.29, 0.717) is 35.4 Å². The third-order valence-electron chi connectivity index (χ3n) is 5.89. The van der Waals surface area contributed by atoms with Crippen LogP contribution in [0.2, 0.25) is 0 Å². The van der Waals surface area contributed by atoms with Gasteiger partial charge in [0.05, 0.1) is 19.8 Å². The Morgan fingerprint density at radius 3 is 2.75 bits per heavy atom. The lowest BCUT2D eigenvalue weighted by Gasteiger charge is -2.35. The molecule has 0 saturated carbocycles. The molecule has 4 rings (SSSR count). The van der Waals surface area contributed by atoms with Gasteiger partial charge in [0.25, 0.3) is 5.91 Å². The molecule has 1 saturated heterocycles.